The van der Waals surface area contributed by atoms with Crippen molar-refractivity contribution >= 4 is 0 Å². The number of ether oxygens (including phenoxy) is 1. The first kappa shape index (κ1) is 16.0. The molecular weight excluding hydrogens is 252 g/mol. The Bertz CT molecular complexity index is 361. The van der Waals surface area contributed by atoms with Gasteiger partial charge in [-0.1, -0.05) is 19.4 Å². The smallest absolute Gasteiger partial charge is 0.131 e. The molecule has 0 bridgehead atoms. The van der Waals surface area contributed by atoms with Crippen LogP contribution in [0.5, 0.6) is 0 Å². The molecule has 0 saturated carbocycles. The second-order valence-corrected chi connectivity index (χ2v) is 4.50. The fraction of sp³-hybridized carbons (Fsp3) is 0.571. The lowest BCUT2D eigenvalue weighted by molar-refractivity contribution is 0.132. The number of rotatable bonds is 8. The van der Waals surface area contributed by atoms with E-state index in [1.807, 2.05) is 6.92 Å². The van der Waals surface area contributed by atoms with Gasteiger partial charge >= 0.3 is 0 Å². The topological polar surface area (TPSA) is 41.5 Å². The molecule has 1 aromatic rings. The minimum absolute atomic E-state index is 0.0690. The summed E-state index contributed by atoms with van der Waals surface area (Å²) < 4.78 is 32.0. The molecule has 1 rings (SSSR count). The molecule has 3 nitrogen and oxygen atoms in total. The van der Waals surface area contributed by atoms with Crippen LogP contribution in [0.2, 0.25) is 0 Å². The molecule has 0 aromatic heterocycles. The first-order valence-electron chi connectivity index (χ1n) is 6.44. The summed E-state index contributed by atoms with van der Waals surface area (Å²) in [5.74, 6) is -1.46. The van der Waals surface area contributed by atoms with Crippen LogP contribution in [0.1, 0.15) is 31.4 Å². The van der Waals surface area contributed by atoms with Gasteiger partial charge in [-0.25, -0.2) is 8.78 Å². The maximum Gasteiger partial charge on any atom is 0.131 e. The Morgan fingerprint density at radius 2 is 1.95 bits per heavy atom. The zero-order valence-corrected chi connectivity index (χ0v) is 11.3. The summed E-state index contributed by atoms with van der Waals surface area (Å²) in [5, 5.41) is 13.0. The number of nitrogens with one attached hydrogen (secondary N) is 1. The zero-order valence-electron chi connectivity index (χ0n) is 11.3. The average Bonchev–Trinajstić information content (AvgIpc) is 2.36. The molecule has 2 atom stereocenters. The molecule has 108 valence electrons. The van der Waals surface area contributed by atoms with Crippen molar-refractivity contribution in [3.05, 3.63) is 35.4 Å². The van der Waals surface area contributed by atoms with Crippen molar-refractivity contribution in [3.8, 4) is 0 Å². The fourth-order valence-corrected chi connectivity index (χ4v) is 2.00. The van der Waals surface area contributed by atoms with E-state index in [2.05, 4.69) is 5.32 Å². The van der Waals surface area contributed by atoms with Crippen LogP contribution in [-0.4, -0.2) is 31.4 Å². The van der Waals surface area contributed by atoms with Crippen molar-refractivity contribution in [1.82, 2.24) is 5.32 Å². The van der Waals surface area contributed by atoms with Crippen LogP contribution < -0.4 is 5.32 Å². The molecule has 0 saturated heterocycles. The summed E-state index contributed by atoms with van der Waals surface area (Å²) in [5.41, 5.74) is -0.289. The third kappa shape index (κ3) is 4.86. The molecular formula is C14H21F2NO2. The molecule has 0 radical (unpaired) electrons. The van der Waals surface area contributed by atoms with Crippen LogP contribution in [-0.2, 0) is 4.74 Å². The van der Waals surface area contributed by atoms with E-state index in [-0.39, 0.29) is 18.2 Å². The van der Waals surface area contributed by atoms with Crippen molar-refractivity contribution < 1.29 is 18.6 Å². The summed E-state index contributed by atoms with van der Waals surface area (Å²) in [6, 6.07) is 3.62. The molecule has 0 aliphatic rings. The Labute approximate surface area is 112 Å². The van der Waals surface area contributed by atoms with Crippen molar-refractivity contribution in [2.24, 2.45) is 0 Å². The maximum absolute atomic E-state index is 13.5. The molecule has 1 aromatic carbocycles. The van der Waals surface area contributed by atoms with Crippen molar-refractivity contribution in [1.29, 1.82) is 0 Å². The lowest BCUT2D eigenvalue weighted by Gasteiger charge is -2.20. The molecule has 0 heterocycles. The van der Waals surface area contributed by atoms with Crippen LogP contribution in [0.4, 0.5) is 8.78 Å². The molecule has 2 unspecified atom stereocenters. The summed E-state index contributed by atoms with van der Waals surface area (Å²) in [7, 11) is 1.59. The van der Waals surface area contributed by atoms with Crippen LogP contribution in [0.3, 0.4) is 0 Å². The highest BCUT2D eigenvalue weighted by atomic mass is 19.1. The zero-order chi connectivity index (χ0) is 14.3. The predicted molar refractivity (Wildman–Crippen MR) is 69.9 cm³/mol. The fourth-order valence-electron chi connectivity index (χ4n) is 2.00. The summed E-state index contributed by atoms with van der Waals surface area (Å²) in [4.78, 5) is 0. The lowest BCUT2D eigenvalue weighted by Crippen LogP contribution is -2.36. The van der Waals surface area contributed by atoms with E-state index in [1.54, 1.807) is 7.11 Å². The van der Waals surface area contributed by atoms with Crippen LogP contribution in [0, 0.1) is 11.6 Å². The Morgan fingerprint density at radius 1 is 1.32 bits per heavy atom. The normalized spacial score (nSPS) is 14.4. The standard InChI is InChI=1S/C14H21F2NO2/c1-3-5-10(9-19-2)17-8-13(18)14-11(15)6-4-7-12(14)16/h4,6-7,10,13,17-18H,3,5,8-9H2,1-2H3. The van der Waals surface area contributed by atoms with Crippen LogP contribution in [0.15, 0.2) is 18.2 Å². The van der Waals surface area contributed by atoms with Gasteiger partial charge in [0.25, 0.3) is 0 Å². The number of benzene rings is 1. The van der Waals surface area contributed by atoms with Crippen molar-refractivity contribution in [3.63, 3.8) is 0 Å². The van der Waals surface area contributed by atoms with Gasteiger partial charge in [0.2, 0.25) is 0 Å². The molecule has 0 spiro atoms. The van der Waals surface area contributed by atoms with Gasteiger partial charge < -0.3 is 15.2 Å². The number of aliphatic hydroxyl groups is 1. The third-order valence-electron chi connectivity index (χ3n) is 2.94. The monoisotopic (exact) mass is 273 g/mol. The number of methoxy groups -OCH3 is 1. The van der Waals surface area contributed by atoms with Gasteiger partial charge in [-0.15, -0.1) is 0 Å². The highest BCUT2D eigenvalue weighted by molar-refractivity contribution is 5.22. The molecule has 0 fully saturated rings. The molecule has 2 N–H and O–H groups in total. The molecule has 19 heavy (non-hydrogen) atoms. The van der Waals surface area contributed by atoms with Gasteiger partial charge in [-0.05, 0) is 18.6 Å². The van der Waals surface area contributed by atoms with Gasteiger partial charge in [0, 0.05) is 19.7 Å². The van der Waals surface area contributed by atoms with E-state index < -0.39 is 17.7 Å². The van der Waals surface area contributed by atoms with Crippen LogP contribution >= 0.6 is 0 Å². The second-order valence-electron chi connectivity index (χ2n) is 4.50. The van der Waals surface area contributed by atoms with Crippen LogP contribution in [0.25, 0.3) is 0 Å². The second kappa shape index (κ2) is 8.19. The largest absolute Gasteiger partial charge is 0.387 e. The van der Waals surface area contributed by atoms with E-state index in [1.165, 1.54) is 6.07 Å². The molecule has 0 aliphatic heterocycles. The first-order valence-corrected chi connectivity index (χ1v) is 6.44. The van der Waals surface area contributed by atoms with Gasteiger partial charge in [-0.2, -0.15) is 0 Å². The Hall–Kier alpha value is -1.04. The molecule has 5 heteroatoms. The minimum atomic E-state index is -1.21. The quantitative estimate of drug-likeness (QED) is 0.764. The number of aliphatic hydroxyl groups excluding tert-OH is 1. The van der Waals surface area contributed by atoms with Gasteiger partial charge in [0.15, 0.2) is 0 Å². The SMILES string of the molecule is CCCC(COC)NCC(O)c1c(F)cccc1F. The van der Waals surface area contributed by atoms with E-state index >= 15 is 0 Å². The predicted octanol–water partition coefficient (Wildman–Crippen LogP) is 2.40. The van der Waals surface area contributed by atoms with Gasteiger partial charge in [-0.3, -0.25) is 0 Å². The Kier molecular flexibility index (Phi) is 6.91. The summed E-state index contributed by atoms with van der Waals surface area (Å²) in [6.45, 7) is 2.63. The Balaban J connectivity index is 2.61. The number of hydrogen-bond donors (Lipinski definition) is 2. The number of hydrogen-bond acceptors (Lipinski definition) is 3. The van der Waals surface area contributed by atoms with Gasteiger partial charge in [0.1, 0.15) is 11.6 Å². The molecule has 0 aliphatic carbocycles. The number of halogens is 2. The first-order chi connectivity index (χ1) is 9.10. The average molecular weight is 273 g/mol. The lowest BCUT2D eigenvalue weighted by atomic mass is 10.1. The minimum Gasteiger partial charge on any atom is -0.387 e. The van der Waals surface area contributed by atoms with Crippen molar-refractivity contribution in [2.75, 3.05) is 20.3 Å². The summed E-state index contributed by atoms with van der Waals surface area (Å²) in [6.07, 6.45) is 0.628. The van der Waals surface area contributed by atoms with Gasteiger partial charge in [0.05, 0.1) is 18.3 Å². The van der Waals surface area contributed by atoms with E-state index in [9.17, 15) is 13.9 Å². The van der Waals surface area contributed by atoms with E-state index in [0.29, 0.717) is 6.61 Å². The van der Waals surface area contributed by atoms with Crippen molar-refractivity contribution in [2.45, 2.75) is 31.9 Å². The highest BCUT2D eigenvalue weighted by Crippen LogP contribution is 2.20. The third-order valence-corrected chi connectivity index (χ3v) is 2.94. The van der Waals surface area contributed by atoms with E-state index in [0.717, 1.165) is 25.0 Å². The maximum atomic E-state index is 13.5. The van der Waals surface area contributed by atoms with E-state index in [4.69, 9.17) is 4.74 Å². The summed E-state index contributed by atoms with van der Waals surface area (Å²) >= 11 is 0. The molecule has 0 amide bonds. The Morgan fingerprint density at radius 3 is 2.47 bits per heavy atom. The highest BCUT2D eigenvalue weighted by Gasteiger charge is 2.18.